The normalized spacial score (nSPS) is 11.8. The summed E-state index contributed by atoms with van der Waals surface area (Å²) in [5.74, 6) is -0.159. The predicted octanol–water partition coefficient (Wildman–Crippen LogP) is 6.77. The highest BCUT2D eigenvalue weighted by molar-refractivity contribution is 6.19. The van der Waals surface area contributed by atoms with Crippen molar-refractivity contribution in [1.82, 2.24) is 0 Å². The molecule has 0 saturated heterocycles. The second-order valence-electron chi connectivity index (χ2n) is 8.77. The average molecular weight is 505 g/mol. The third-order valence-corrected chi connectivity index (χ3v) is 6.32. The van der Waals surface area contributed by atoms with Crippen molar-refractivity contribution in [3.8, 4) is 0 Å². The fourth-order valence-electron chi connectivity index (χ4n) is 4.43. The number of unbranched alkanes of at least 4 members (excludes halogenated alkanes) is 1. The molecule has 0 aromatic heterocycles. The summed E-state index contributed by atoms with van der Waals surface area (Å²) < 4.78 is 0. The molecule has 0 bridgehead atoms. The van der Waals surface area contributed by atoms with E-state index in [4.69, 9.17) is 0 Å². The smallest absolute Gasteiger partial charge is 0.163 e. The zero-order valence-electron chi connectivity index (χ0n) is 20.8. The number of benzene rings is 4. The molecule has 0 heterocycles. The van der Waals surface area contributed by atoms with E-state index in [1.54, 1.807) is 48.5 Å². The van der Waals surface area contributed by atoms with Gasteiger partial charge in [0.05, 0.1) is 0 Å². The largest absolute Gasteiger partial charge is 0.410 e. The topological polar surface area (TPSA) is 99.3 Å². The van der Waals surface area contributed by atoms with E-state index < -0.39 is 0 Å². The van der Waals surface area contributed by atoms with Gasteiger partial charge in [0.1, 0.15) is 11.4 Å². The van der Waals surface area contributed by atoms with Gasteiger partial charge in [0.25, 0.3) is 0 Å². The van der Waals surface area contributed by atoms with Crippen LogP contribution in [-0.2, 0) is 0 Å². The minimum absolute atomic E-state index is 0.0793. The Morgan fingerprint density at radius 2 is 0.789 bits per heavy atom. The number of ketones is 2. The van der Waals surface area contributed by atoms with E-state index in [0.717, 1.165) is 0 Å². The summed E-state index contributed by atoms with van der Waals surface area (Å²) >= 11 is 0. The van der Waals surface area contributed by atoms with Crippen LogP contribution in [0.1, 0.15) is 68.7 Å². The molecule has 6 heteroatoms. The Labute approximate surface area is 221 Å². The van der Waals surface area contributed by atoms with Gasteiger partial charge < -0.3 is 10.4 Å². The summed E-state index contributed by atoms with van der Waals surface area (Å²) in [5.41, 5.74) is 4.17. The molecule has 38 heavy (non-hydrogen) atoms. The zero-order valence-corrected chi connectivity index (χ0v) is 20.8. The lowest BCUT2D eigenvalue weighted by Crippen LogP contribution is -2.12. The van der Waals surface area contributed by atoms with Crippen LogP contribution in [0.15, 0.2) is 120 Å². The fourth-order valence-corrected chi connectivity index (χ4v) is 4.43. The molecule has 0 aliphatic rings. The van der Waals surface area contributed by atoms with Gasteiger partial charge in [0, 0.05) is 46.2 Å². The molecule has 6 nitrogen and oxygen atoms in total. The van der Waals surface area contributed by atoms with Crippen molar-refractivity contribution in [2.24, 2.45) is 10.3 Å². The summed E-state index contributed by atoms with van der Waals surface area (Å²) in [6.45, 7) is 0. The van der Waals surface area contributed by atoms with Gasteiger partial charge in [-0.2, -0.15) is 0 Å². The minimum atomic E-state index is -0.0793. The van der Waals surface area contributed by atoms with Crippen molar-refractivity contribution in [1.29, 1.82) is 0 Å². The van der Waals surface area contributed by atoms with E-state index in [1.807, 2.05) is 60.7 Å². The van der Waals surface area contributed by atoms with E-state index in [0.29, 0.717) is 57.6 Å². The van der Waals surface area contributed by atoms with Crippen molar-refractivity contribution in [2.45, 2.75) is 25.7 Å². The van der Waals surface area contributed by atoms with E-state index in [9.17, 15) is 20.0 Å². The van der Waals surface area contributed by atoms with Crippen LogP contribution in [0.4, 0.5) is 0 Å². The Morgan fingerprint density at radius 3 is 1.13 bits per heavy atom. The summed E-state index contributed by atoms with van der Waals surface area (Å²) in [4.78, 5) is 26.2. The van der Waals surface area contributed by atoms with Crippen LogP contribution >= 0.6 is 0 Å². The van der Waals surface area contributed by atoms with E-state index in [-0.39, 0.29) is 24.4 Å². The van der Waals surface area contributed by atoms with Gasteiger partial charge in [-0.15, -0.1) is 0 Å². The molecule has 190 valence electrons. The Kier molecular flexibility index (Phi) is 8.92. The fraction of sp³-hybridized carbons (Fsp3) is 0.125. The van der Waals surface area contributed by atoms with Gasteiger partial charge in [-0.1, -0.05) is 120 Å². The van der Waals surface area contributed by atoms with E-state index >= 15 is 0 Å². The van der Waals surface area contributed by atoms with Gasteiger partial charge >= 0.3 is 0 Å². The monoisotopic (exact) mass is 504 g/mol. The highest BCUT2D eigenvalue weighted by atomic mass is 16.4. The number of nitrogens with zero attached hydrogens (tertiary/aromatic N) is 2. The summed E-state index contributed by atoms with van der Waals surface area (Å²) in [6, 6.07) is 32.6. The summed E-state index contributed by atoms with van der Waals surface area (Å²) in [6.07, 6.45) is 1.56. The van der Waals surface area contributed by atoms with Crippen LogP contribution in [0, 0.1) is 0 Å². The highest BCUT2D eigenvalue weighted by Crippen LogP contribution is 2.21. The van der Waals surface area contributed by atoms with Crippen molar-refractivity contribution in [2.75, 3.05) is 0 Å². The maximum absolute atomic E-state index is 13.1. The standard InChI is InChI=1S/C32H28N2O4/c35-29(25-17-7-9-19-27(25)31(33-37)23-13-3-1-4-14-23)21-11-12-22-30(36)26-18-8-10-20-28(26)32(34-38)24-15-5-2-6-16-24/h1-10,13-20,37-38H,11-12,21-22H2/b33-31+,34-32+. The number of rotatable bonds is 11. The first-order valence-electron chi connectivity index (χ1n) is 12.4. The molecule has 2 N–H and O–H groups in total. The summed E-state index contributed by atoms with van der Waals surface area (Å²) in [5, 5.41) is 26.3. The first kappa shape index (κ1) is 26.2. The van der Waals surface area contributed by atoms with Crippen molar-refractivity contribution in [3.63, 3.8) is 0 Å². The van der Waals surface area contributed by atoms with Gasteiger partial charge in [-0.05, 0) is 12.8 Å². The lowest BCUT2D eigenvalue weighted by atomic mass is 9.92. The highest BCUT2D eigenvalue weighted by Gasteiger charge is 2.19. The predicted molar refractivity (Wildman–Crippen MR) is 148 cm³/mol. The molecule has 4 aromatic carbocycles. The van der Waals surface area contributed by atoms with Crippen molar-refractivity contribution >= 4 is 23.0 Å². The second kappa shape index (κ2) is 12.9. The van der Waals surface area contributed by atoms with Crippen molar-refractivity contribution in [3.05, 3.63) is 143 Å². The number of oxime groups is 2. The number of Topliss-reactive ketones (excluding diaryl/α,β-unsaturated/α-hetero) is 2. The molecule has 0 radical (unpaired) electrons. The average Bonchev–Trinajstić information content (AvgIpc) is 2.97. The SMILES string of the molecule is O=C(CCCCC(=O)c1ccccc1/C(=N/O)c1ccccc1)c1ccccc1/C(=N/O)c1ccccc1. The van der Waals surface area contributed by atoms with Crippen molar-refractivity contribution < 1.29 is 20.0 Å². The molecular formula is C32H28N2O4. The number of carbonyl (C=O) groups excluding carboxylic acids is 2. The molecular weight excluding hydrogens is 476 g/mol. The quantitative estimate of drug-likeness (QED) is 0.0774. The summed E-state index contributed by atoms with van der Waals surface area (Å²) in [7, 11) is 0. The Bertz CT molecular complexity index is 1350. The molecule has 4 rings (SSSR count). The van der Waals surface area contributed by atoms with Gasteiger partial charge in [0.15, 0.2) is 11.6 Å². The molecule has 0 spiro atoms. The molecule has 0 aliphatic heterocycles. The lowest BCUT2D eigenvalue weighted by molar-refractivity contribution is 0.0954. The van der Waals surface area contributed by atoms with Crippen LogP contribution in [0.3, 0.4) is 0 Å². The maximum Gasteiger partial charge on any atom is 0.163 e. The van der Waals surface area contributed by atoms with Gasteiger partial charge in [0.2, 0.25) is 0 Å². The van der Waals surface area contributed by atoms with Gasteiger partial charge in [-0.3, -0.25) is 9.59 Å². The maximum atomic E-state index is 13.1. The first-order valence-corrected chi connectivity index (χ1v) is 12.4. The lowest BCUT2D eigenvalue weighted by Gasteiger charge is -2.11. The van der Waals surface area contributed by atoms with Crippen LogP contribution in [-0.4, -0.2) is 33.4 Å². The Hall–Kier alpha value is -4.84. The number of hydrogen-bond donors (Lipinski definition) is 2. The third-order valence-electron chi connectivity index (χ3n) is 6.32. The number of hydrogen-bond acceptors (Lipinski definition) is 6. The van der Waals surface area contributed by atoms with Crippen LogP contribution < -0.4 is 0 Å². The Balaban J connectivity index is 1.41. The molecule has 4 aromatic rings. The van der Waals surface area contributed by atoms with E-state index in [2.05, 4.69) is 10.3 Å². The number of carbonyl (C=O) groups is 2. The van der Waals surface area contributed by atoms with E-state index in [1.165, 1.54) is 0 Å². The molecule has 0 atom stereocenters. The molecule has 0 aliphatic carbocycles. The minimum Gasteiger partial charge on any atom is -0.410 e. The molecule has 0 saturated carbocycles. The molecule has 0 amide bonds. The van der Waals surface area contributed by atoms with Crippen LogP contribution in [0.25, 0.3) is 0 Å². The second-order valence-corrected chi connectivity index (χ2v) is 8.77. The van der Waals surface area contributed by atoms with Crippen LogP contribution in [0.5, 0.6) is 0 Å². The zero-order chi connectivity index (χ0) is 26.7. The molecule has 0 fully saturated rings. The first-order chi connectivity index (χ1) is 18.6. The van der Waals surface area contributed by atoms with Gasteiger partial charge in [-0.25, -0.2) is 0 Å². The molecule has 0 unspecified atom stereocenters. The Morgan fingerprint density at radius 1 is 0.474 bits per heavy atom. The van der Waals surface area contributed by atoms with Crippen LogP contribution in [0.2, 0.25) is 0 Å². The third kappa shape index (κ3) is 6.10.